The maximum atomic E-state index is 6.08. The number of aromatic nitrogens is 2. The topological polar surface area (TPSA) is 65.9 Å². The molecule has 2 aliphatic heterocycles. The number of aryl methyl sites for hydroxylation is 1. The van der Waals surface area contributed by atoms with Crippen molar-refractivity contribution in [2.75, 3.05) is 40.0 Å². The molecule has 0 aliphatic carbocycles. The summed E-state index contributed by atoms with van der Waals surface area (Å²) in [6.45, 7) is 8.03. The monoisotopic (exact) mass is 399 g/mol. The summed E-state index contributed by atoms with van der Waals surface area (Å²) in [5, 5.41) is 0. The molecule has 156 valence electrons. The van der Waals surface area contributed by atoms with Gasteiger partial charge in [-0.1, -0.05) is 0 Å². The molecule has 0 bridgehead atoms. The molecule has 2 unspecified atom stereocenters. The predicted octanol–water partition coefficient (Wildman–Crippen LogP) is 3.42. The SMILES string of the molecule is COc1cc(OCC2CCCN(C(C)c3ccc4c(n3)OCCO4)C2)cc(C)n1. The highest BCUT2D eigenvalue weighted by molar-refractivity contribution is 5.36. The summed E-state index contributed by atoms with van der Waals surface area (Å²) >= 11 is 0. The number of pyridine rings is 2. The Morgan fingerprint density at radius 3 is 2.93 bits per heavy atom. The number of methoxy groups -OCH3 is 1. The molecule has 7 nitrogen and oxygen atoms in total. The van der Waals surface area contributed by atoms with Gasteiger partial charge in [-0.25, -0.2) is 9.97 Å². The van der Waals surface area contributed by atoms with E-state index in [1.54, 1.807) is 7.11 Å². The van der Waals surface area contributed by atoms with Crippen molar-refractivity contribution in [1.82, 2.24) is 14.9 Å². The molecule has 2 atom stereocenters. The zero-order valence-electron chi connectivity index (χ0n) is 17.4. The van der Waals surface area contributed by atoms with Gasteiger partial charge < -0.3 is 18.9 Å². The first kappa shape index (κ1) is 19.8. The molecule has 4 rings (SSSR count). The van der Waals surface area contributed by atoms with Gasteiger partial charge in [0.25, 0.3) is 5.88 Å². The number of hydrogen-bond donors (Lipinski definition) is 0. The van der Waals surface area contributed by atoms with Gasteiger partial charge in [0.1, 0.15) is 19.0 Å². The molecule has 1 saturated heterocycles. The predicted molar refractivity (Wildman–Crippen MR) is 109 cm³/mol. The molecule has 2 aromatic heterocycles. The molecule has 29 heavy (non-hydrogen) atoms. The second kappa shape index (κ2) is 8.86. The zero-order valence-corrected chi connectivity index (χ0v) is 17.4. The van der Waals surface area contributed by atoms with Crippen LogP contribution >= 0.6 is 0 Å². The number of piperidine rings is 1. The average Bonchev–Trinajstić information content (AvgIpc) is 2.76. The van der Waals surface area contributed by atoms with Crippen LogP contribution < -0.4 is 18.9 Å². The van der Waals surface area contributed by atoms with Gasteiger partial charge >= 0.3 is 0 Å². The third kappa shape index (κ3) is 4.72. The minimum Gasteiger partial charge on any atom is -0.493 e. The summed E-state index contributed by atoms with van der Waals surface area (Å²) in [6, 6.07) is 8.03. The van der Waals surface area contributed by atoms with Gasteiger partial charge in [-0.05, 0) is 45.4 Å². The van der Waals surface area contributed by atoms with Crippen molar-refractivity contribution in [3.63, 3.8) is 0 Å². The van der Waals surface area contributed by atoms with Gasteiger partial charge in [0.2, 0.25) is 5.88 Å². The summed E-state index contributed by atoms with van der Waals surface area (Å²) in [5.41, 5.74) is 1.91. The first-order valence-electron chi connectivity index (χ1n) is 10.3. The Kier molecular flexibility index (Phi) is 6.04. The van der Waals surface area contributed by atoms with Gasteiger partial charge in [0.05, 0.1) is 19.4 Å². The maximum absolute atomic E-state index is 6.08. The third-order valence-electron chi connectivity index (χ3n) is 5.55. The van der Waals surface area contributed by atoms with Gasteiger partial charge in [0.15, 0.2) is 5.75 Å². The largest absolute Gasteiger partial charge is 0.493 e. The Morgan fingerprint density at radius 2 is 2.07 bits per heavy atom. The number of rotatable bonds is 6. The fourth-order valence-electron chi connectivity index (χ4n) is 3.96. The Bertz CT molecular complexity index is 845. The van der Waals surface area contributed by atoms with E-state index in [1.807, 2.05) is 31.2 Å². The molecule has 0 amide bonds. The van der Waals surface area contributed by atoms with Crippen LogP contribution in [0.2, 0.25) is 0 Å². The molecule has 0 N–H and O–H groups in total. The normalized spacial score (nSPS) is 20.2. The molecule has 0 saturated carbocycles. The number of fused-ring (bicyclic) bond motifs is 1. The minimum atomic E-state index is 0.219. The third-order valence-corrected chi connectivity index (χ3v) is 5.55. The summed E-state index contributed by atoms with van der Waals surface area (Å²) < 4.78 is 22.6. The molecule has 0 aromatic carbocycles. The van der Waals surface area contributed by atoms with E-state index in [0.717, 1.165) is 42.4 Å². The van der Waals surface area contributed by atoms with Gasteiger partial charge in [0, 0.05) is 36.3 Å². The molecule has 0 spiro atoms. The van der Waals surface area contributed by atoms with E-state index in [-0.39, 0.29) is 6.04 Å². The summed E-state index contributed by atoms with van der Waals surface area (Å²) in [4.78, 5) is 11.5. The lowest BCUT2D eigenvalue weighted by Crippen LogP contribution is -2.39. The van der Waals surface area contributed by atoms with Crippen molar-refractivity contribution in [1.29, 1.82) is 0 Å². The van der Waals surface area contributed by atoms with Crippen LogP contribution in [0, 0.1) is 12.8 Å². The minimum absolute atomic E-state index is 0.219. The summed E-state index contributed by atoms with van der Waals surface area (Å²) in [6.07, 6.45) is 2.32. The van der Waals surface area contributed by atoms with Crippen molar-refractivity contribution >= 4 is 0 Å². The van der Waals surface area contributed by atoms with Crippen LogP contribution in [-0.4, -0.2) is 54.9 Å². The van der Waals surface area contributed by atoms with Crippen molar-refractivity contribution in [2.24, 2.45) is 5.92 Å². The van der Waals surface area contributed by atoms with Crippen LogP contribution in [-0.2, 0) is 0 Å². The van der Waals surface area contributed by atoms with Crippen LogP contribution in [0.5, 0.6) is 23.3 Å². The first-order valence-corrected chi connectivity index (χ1v) is 10.3. The Balaban J connectivity index is 1.37. The van der Waals surface area contributed by atoms with Gasteiger partial charge in [-0.2, -0.15) is 0 Å². The quantitative estimate of drug-likeness (QED) is 0.737. The molecular weight excluding hydrogens is 370 g/mol. The van der Waals surface area contributed by atoms with Crippen LogP contribution in [0.4, 0.5) is 0 Å². The van der Waals surface area contributed by atoms with Gasteiger partial charge in [-0.3, -0.25) is 4.90 Å². The highest BCUT2D eigenvalue weighted by Crippen LogP contribution is 2.32. The Labute approximate surface area is 172 Å². The Hall–Kier alpha value is -2.54. The molecule has 7 heteroatoms. The van der Waals surface area contributed by atoms with E-state index < -0.39 is 0 Å². The highest BCUT2D eigenvalue weighted by Gasteiger charge is 2.26. The van der Waals surface area contributed by atoms with E-state index >= 15 is 0 Å². The number of ether oxygens (including phenoxy) is 4. The lowest BCUT2D eigenvalue weighted by Gasteiger charge is -2.36. The lowest BCUT2D eigenvalue weighted by molar-refractivity contribution is 0.0980. The van der Waals surface area contributed by atoms with Crippen LogP contribution in [0.25, 0.3) is 0 Å². The van der Waals surface area contributed by atoms with Crippen molar-refractivity contribution in [2.45, 2.75) is 32.7 Å². The maximum Gasteiger partial charge on any atom is 0.257 e. The van der Waals surface area contributed by atoms with Crippen molar-refractivity contribution < 1.29 is 18.9 Å². The first-order chi connectivity index (χ1) is 14.1. The van der Waals surface area contributed by atoms with Crippen molar-refractivity contribution in [3.8, 4) is 23.3 Å². The smallest absolute Gasteiger partial charge is 0.257 e. The molecule has 2 aliphatic rings. The molecule has 2 aromatic rings. The van der Waals surface area contributed by atoms with E-state index in [1.165, 1.54) is 6.42 Å². The fraction of sp³-hybridized carbons (Fsp3) is 0.545. The number of hydrogen-bond acceptors (Lipinski definition) is 7. The van der Waals surface area contributed by atoms with Crippen LogP contribution in [0.15, 0.2) is 24.3 Å². The van der Waals surface area contributed by atoms with Gasteiger partial charge in [-0.15, -0.1) is 0 Å². The van der Waals surface area contributed by atoms with E-state index in [4.69, 9.17) is 23.9 Å². The lowest BCUT2D eigenvalue weighted by atomic mass is 9.97. The highest BCUT2D eigenvalue weighted by atomic mass is 16.6. The van der Waals surface area contributed by atoms with E-state index in [2.05, 4.69) is 16.8 Å². The average molecular weight is 399 g/mol. The fourth-order valence-corrected chi connectivity index (χ4v) is 3.96. The standard InChI is InChI=1S/C22H29N3O4/c1-15-11-18(12-21(23-15)26-3)29-14-17-5-4-8-25(13-17)16(2)19-6-7-20-22(24-19)28-10-9-27-20/h6-7,11-12,16-17H,4-5,8-10,13-14H2,1-3H3. The second-order valence-corrected chi connectivity index (χ2v) is 7.71. The van der Waals surface area contributed by atoms with Crippen LogP contribution in [0.3, 0.4) is 0 Å². The molecular formula is C22H29N3O4. The molecule has 4 heterocycles. The summed E-state index contributed by atoms with van der Waals surface area (Å²) in [7, 11) is 1.62. The van der Waals surface area contributed by atoms with Crippen LogP contribution in [0.1, 0.15) is 37.2 Å². The van der Waals surface area contributed by atoms with E-state index in [0.29, 0.717) is 37.5 Å². The van der Waals surface area contributed by atoms with Crippen molar-refractivity contribution in [3.05, 3.63) is 35.7 Å². The number of likely N-dealkylation sites (tertiary alicyclic amines) is 1. The zero-order chi connectivity index (χ0) is 20.2. The second-order valence-electron chi connectivity index (χ2n) is 7.71. The Morgan fingerprint density at radius 1 is 1.21 bits per heavy atom. The molecule has 0 radical (unpaired) electrons. The molecule has 1 fully saturated rings. The summed E-state index contributed by atoms with van der Waals surface area (Å²) in [5.74, 6) is 3.22. The number of nitrogens with zero attached hydrogens (tertiary/aromatic N) is 3. The van der Waals surface area contributed by atoms with E-state index in [9.17, 15) is 0 Å².